The van der Waals surface area contributed by atoms with Gasteiger partial charge >= 0.3 is 0 Å². The van der Waals surface area contributed by atoms with Gasteiger partial charge in [-0.2, -0.15) is 0 Å². The fourth-order valence-electron chi connectivity index (χ4n) is 6.11. The van der Waals surface area contributed by atoms with Crippen molar-refractivity contribution in [1.29, 1.82) is 0 Å². The molecule has 4 atom stereocenters. The summed E-state index contributed by atoms with van der Waals surface area (Å²) < 4.78 is 30.8. The van der Waals surface area contributed by atoms with E-state index >= 15 is 0 Å². The third-order valence-electron chi connectivity index (χ3n) is 8.88. The van der Waals surface area contributed by atoms with E-state index in [1.165, 1.54) is 19.2 Å². The van der Waals surface area contributed by atoms with E-state index in [0.717, 1.165) is 25.7 Å². The van der Waals surface area contributed by atoms with Crippen LogP contribution in [0.4, 0.5) is 4.39 Å². The van der Waals surface area contributed by atoms with Gasteiger partial charge in [-0.1, -0.05) is 38.7 Å². The zero-order valence-electron chi connectivity index (χ0n) is 25.1. The van der Waals surface area contributed by atoms with E-state index in [0.29, 0.717) is 51.0 Å². The van der Waals surface area contributed by atoms with Crippen molar-refractivity contribution in [3.05, 3.63) is 29.6 Å². The Morgan fingerprint density at radius 1 is 1.14 bits per heavy atom. The number of ether oxygens (including phenoxy) is 3. The van der Waals surface area contributed by atoms with Crippen molar-refractivity contribution in [1.82, 2.24) is 10.2 Å². The van der Waals surface area contributed by atoms with Crippen LogP contribution >= 0.6 is 0 Å². The molecule has 10 heteroatoms. The minimum Gasteiger partial charge on any atom is -0.497 e. The Morgan fingerprint density at radius 3 is 2.45 bits per heavy atom. The van der Waals surface area contributed by atoms with Crippen molar-refractivity contribution in [2.75, 3.05) is 46.6 Å². The largest absolute Gasteiger partial charge is 0.497 e. The van der Waals surface area contributed by atoms with Crippen LogP contribution in [-0.4, -0.2) is 86.4 Å². The molecule has 0 radical (unpaired) electrons. The number of epoxide rings is 1. The van der Waals surface area contributed by atoms with Crippen LogP contribution in [0.15, 0.2) is 18.2 Å². The highest BCUT2D eigenvalue weighted by molar-refractivity contribution is 5.97. The monoisotopic (exact) mass is 588 g/mol. The standard InChI is InChI=1S/C32H45FN2O7/c1-21(14-25(36)19-35-10-12-41-13-11-35)31(39)34-28(16-23-8-9-26(40-3)18-27(23)33)29(37)17-24(15-22-6-4-5-7-22)30(38)32(2)20-42-32/h8-9,18,21-22,24,28H,4-7,10-17,19-20H2,1-3H3,(H,34,39)/t21-,24-,28+,32-/m1/s1. The summed E-state index contributed by atoms with van der Waals surface area (Å²) in [6.45, 7) is 6.47. The number of halogens is 1. The normalized spacial score (nSPS) is 23.1. The summed E-state index contributed by atoms with van der Waals surface area (Å²) in [6.07, 6.45) is 4.79. The number of hydrogen-bond donors (Lipinski definition) is 1. The quantitative estimate of drug-likeness (QED) is 0.293. The Hall–Kier alpha value is -2.69. The number of benzene rings is 1. The first-order chi connectivity index (χ1) is 20.1. The molecule has 3 fully saturated rings. The van der Waals surface area contributed by atoms with Gasteiger partial charge in [0.15, 0.2) is 11.6 Å². The van der Waals surface area contributed by atoms with Gasteiger partial charge in [-0.3, -0.25) is 24.1 Å². The second-order valence-corrected chi connectivity index (χ2v) is 12.4. The van der Waals surface area contributed by atoms with Crippen LogP contribution in [0.2, 0.25) is 0 Å². The molecule has 1 aromatic carbocycles. The average molecular weight is 589 g/mol. The van der Waals surface area contributed by atoms with E-state index in [-0.39, 0.29) is 48.7 Å². The number of nitrogens with one attached hydrogen (secondary N) is 1. The Balaban J connectivity index is 1.46. The summed E-state index contributed by atoms with van der Waals surface area (Å²) >= 11 is 0. The van der Waals surface area contributed by atoms with E-state index in [1.54, 1.807) is 19.9 Å². The van der Waals surface area contributed by atoms with Crippen molar-refractivity contribution >= 4 is 23.3 Å². The molecule has 232 valence electrons. The molecule has 1 amide bonds. The van der Waals surface area contributed by atoms with Gasteiger partial charge in [-0.25, -0.2) is 4.39 Å². The summed E-state index contributed by atoms with van der Waals surface area (Å²) in [7, 11) is 1.44. The van der Waals surface area contributed by atoms with E-state index < -0.39 is 35.2 Å². The van der Waals surface area contributed by atoms with Crippen LogP contribution in [0.25, 0.3) is 0 Å². The summed E-state index contributed by atoms with van der Waals surface area (Å²) in [5.41, 5.74) is -0.610. The second-order valence-electron chi connectivity index (χ2n) is 12.4. The van der Waals surface area contributed by atoms with E-state index in [2.05, 4.69) is 5.32 Å². The molecule has 1 aliphatic carbocycles. The molecule has 0 aromatic heterocycles. The molecule has 1 N–H and O–H groups in total. The lowest BCUT2D eigenvalue weighted by atomic mass is 9.81. The Labute approximate surface area is 247 Å². The summed E-state index contributed by atoms with van der Waals surface area (Å²) in [6, 6.07) is 3.33. The number of nitrogens with zero attached hydrogens (tertiary/aromatic N) is 1. The Kier molecular flexibility index (Phi) is 11.3. The smallest absolute Gasteiger partial charge is 0.223 e. The number of methoxy groups -OCH3 is 1. The number of amides is 1. The van der Waals surface area contributed by atoms with Gasteiger partial charge in [-0.15, -0.1) is 0 Å². The molecule has 3 aliphatic rings. The van der Waals surface area contributed by atoms with Crippen LogP contribution in [0, 0.1) is 23.6 Å². The van der Waals surface area contributed by atoms with Crippen LogP contribution in [0.3, 0.4) is 0 Å². The molecular weight excluding hydrogens is 543 g/mol. The fraction of sp³-hybridized carbons (Fsp3) is 0.688. The lowest BCUT2D eigenvalue weighted by molar-refractivity contribution is -0.134. The highest BCUT2D eigenvalue weighted by Gasteiger charge is 2.50. The van der Waals surface area contributed by atoms with Crippen LogP contribution in [-0.2, 0) is 35.1 Å². The molecule has 0 bridgehead atoms. The van der Waals surface area contributed by atoms with Crippen molar-refractivity contribution in [2.24, 2.45) is 17.8 Å². The van der Waals surface area contributed by atoms with Crippen molar-refractivity contribution in [2.45, 2.75) is 76.9 Å². The summed E-state index contributed by atoms with van der Waals surface area (Å²) in [5, 5.41) is 2.81. The first-order valence-electron chi connectivity index (χ1n) is 15.2. The number of Topliss-reactive ketones (excluding diaryl/α,β-unsaturated/α-hetero) is 3. The molecule has 9 nitrogen and oxygen atoms in total. The van der Waals surface area contributed by atoms with E-state index in [4.69, 9.17) is 14.2 Å². The molecule has 2 heterocycles. The minimum absolute atomic E-state index is 0.0273. The van der Waals surface area contributed by atoms with Gasteiger partial charge in [0.25, 0.3) is 0 Å². The van der Waals surface area contributed by atoms with Crippen molar-refractivity contribution in [3.8, 4) is 5.75 Å². The first kappa shape index (κ1) is 32.2. The topological polar surface area (TPSA) is 115 Å². The average Bonchev–Trinajstić information content (AvgIpc) is 3.51. The number of rotatable bonds is 16. The molecule has 0 unspecified atom stereocenters. The number of ketones is 3. The van der Waals surface area contributed by atoms with Crippen LogP contribution in [0.5, 0.6) is 5.75 Å². The third-order valence-corrected chi connectivity index (χ3v) is 8.88. The van der Waals surface area contributed by atoms with Gasteiger partial charge < -0.3 is 19.5 Å². The Bertz CT molecular complexity index is 1130. The molecule has 4 rings (SSSR count). The second kappa shape index (κ2) is 14.7. The predicted molar refractivity (Wildman–Crippen MR) is 154 cm³/mol. The van der Waals surface area contributed by atoms with Gasteiger partial charge in [0.2, 0.25) is 5.91 Å². The van der Waals surface area contributed by atoms with Crippen molar-refractivity contribution in [3.63, 3.8) is 0 Å². The van der Waals surface area contributed by atoms with Crippen LogP contribution < -0.4 is 10.1 Å². The zero-order chi connectivity index (χ0) is 30.3. The number of hydrogen-bond acceptors (Lipinski definition) is 8. The molecule has 2 aliphatic heterocycles. The fourth-order valence-corrected chi connectivity index (χ4v) is 6.11. The predicted octanol–water partition coefficient (Wildman–Crippen LogP) is 3.30. The van der Waals surface area contributed by atoms with Crippen molar-refractivity contribution < 1.29 is 37.8 Å². The van der Waals surface area contributed by atoms with Gasteiger partial charge in [0, 0.05) is 50.3 Å². The highest BCUT2D eigenvalue weighted by Crippen LogP contribution is 2.37. The first-order valence-corrected chi connectivity index (χ1v) is 15.2. The van der Waals surface area contributed by atoms with Crippen LogP contribution in [0.1, 0.15) is 64.4 Å². The zero-order valence-corrected chi connectivity index (χ0v) is 25.1. The molecule has 2 saturated heterocycles. The summed E-state index contributed by atoms with van der Waals surface area (Å²) in [4.78, 5) is 55.2. The number of carbonyl (C=O) groups is 4. The molecule has 1 saturated carbocycles. The maximum absolute atomic E-state index is 14.9. The van der Waals surface area contributed by atoms with Gasteiger partial charge in [0.05, 0.1) is 39.5 Å². The lowest BCUT2D eigenvalue weighted by Crippen LogP contribution is -2.46. The molecular formula is C32H45FN2O7. The van der Waals surface area contributed by atoms with E-state index in [9.17, 15) is 23.6 Å². The Morgan fingerprint density at radius 2 is 1.83 bits per heavy atom. The van der Waals surface area contributed by atoms with Gasteiger partial charge in [0.1, 0.15) is 23.0 Å². The molecule has 42 heavy (non-hydrogen) atoms. The highest BCUT2D eigenvalue weighted by atomic mass is 19.1. The SMILES string of the molecule is COc1ccc(C[C@H](NC(=O)[C@H](C)CC(=O)CN2CCOCC2)C(=O)C[C@@H](CC2CCCC2)C(=O)[C@@]2(C)CO2)c(F)c1. The number of carbonyl (C=O) groups excluding carboxylic acids is 4. The maximum atomic E-state index is 14.9. The van der Waals surface area contributed by atoms with Gasteiger partial charge in [-0.05, 0) is 30.9 Å². The maximum Gasteiger partial charge on any atom is 0.223 e. The molecule has 0 spiro atoms. The minimum atomic E-state index is -1.05. The lowest BCUT2D eigenvalue weighted by Gasteiger charge is -2.26. The van der Waals surface area contributed by atoms with E-state index in [1.807, 2.05) is 4.90 Å². The number of morpholine rings is 1. The molecule has 1 aromatic rings. The third kappa shape index (κ3) is 8.91. The summed E-state index contributed by atoms with van der Waals surface area (Å²) in [5.74, 6) is -1.96.